The normalized spacial score (nSPS) is 19.6. The zero-order valence-corrected chi connectivity index (χ0v) is 45.4. The fourth-order valence-electron chi connectivity index (χ4n) is 12.9. The summed E-state index contributed by atoms with van der Waals surface area (Å²) in [4.78, 5) is 50.1. The Morgan fingerprint density at radius 2 is 0.667 bits per heavy atom. The van der Waals surface area contributed by atoms with Crippen molar-refractivity contribution in [2.45, 2.75) is 167 Å². The third-order valence-electron chi connectivity index (χ3n) is 16.5. The lowest BCUT2D eigenvalue weighted by Gasteiger charge is -2.38. The molecule has 0 spiro atoms. The highest BCUT2D eigenvalue weighted by molar-refractivity contribution is 6.34. The van der Waals surface area contributed by atoms with Crippen LogP contribution in [0, 0.1) is 11.8 Å². The average Bonchev–Trinajstić information content (AvgIpc) is 3.95. The van der Waals surface area contributed by atoms with Gasteiger partial charge in [0.2, 0.25) is 11.8 Å². The molecule has 9 rings (SSSR count). The quantitative estimate of drug-likeness (QED) is 0.0243. The molecule has 2 amide bonds. The van der Waals surface area contributed by atoms with Crippen LogP contribution < -0.4 is 23.8 Å². The Morgan fingerprint density at radius 3 is 0.987 bits per heavy atom. The number of carbonyl (C=O) groups is 3. The van der Waals surface area contributed by atoms with E-state index in [9.17, 15) is 0 Å². The smallest absolute Gasteiger partial charge is 0.239 e. The molecule has 2 aliphatic carbocycles. The van der Waals surface area contributed by atoms with Crippen LogP contribution in [-0.2, 0) is 25.2 Å². The minimum absolute atomic E-state index is 0.155. The van der Waals surface area contributed by atoms with Gasteiger partial charge in [0.1, 0.15) is 0 Å². The summed E-state index contributed by atoms with van der Waals surface area (Å²) in [6.07, 6.45) is 21.9. The van der Waals surface area contributed by atoms with E-state index in [-0.39, 0.29) is 17.6 Å². The molecule has 1 saturated carbocycles. The van der Waals surface area contributed by atoms with Crippen molar-refractivity contribution in [3.05, 3.63) is 138 Å². The lowest BCUT2D eigenvalue weighted by Crippen LogP contribution is -2.45. The largest absolute Gasteiger partial charge is 0.490 e. The predicted molar refractivity (Wildman–Crippen MR) is 304 cm³/mol. The number of anilines is 1. The molecule has 6 aromatic rings. The standard InChI is InChI=1S/C67H81NO7/c1-5-9-13-17-30-40-72-55-44-51-52-45-56(73-41-31-18-14-10-6-2)58(75-43-33-20-16-12-8-4)47-54(52)60-59(53(51)46-57(55)74-42-32-19-15-11-7-3)66(48-34-24-21-25-35-48)61-62(67(60,65(66)71)49-36-26-22-27-37-49)64(70)68(63(61)69)50-38-28-23-29-39-50/h21-29,34-39,44-47,61-62H,5-20,30-33,40-43H2,1-4H3/t61-,62+,66+,67-. The lowest BCUT2D eigenvalue weighted by molar-refractivity contribution is -0.130. The lowest BCUT2D eigenvalue weighted by atomic mass is 9.59. The Balaban J connectivity index is 1.35. The fraction of sp³-hybridized carbons (Fsp3) is 0.478. The van der Waals surface area contributed by atoms with Gasteiger partial charge >= 0.3 is 0 Å². The maximum Gasteiger partial charge on any atom is 0.239 e. The summed E-state index contributed by atoms with van der Waals surface area (Å²) in [6.45, 7) is 11.0. The van der Waals surface area contributed by atoms with E-state index in [1.807, 2.05) is 91.0 Å². The van der Waals surface area contributed by atoms with E-state index in [4.69, 9.17) is 18.9 Å². The van der Waals surface area contributed by atoms with E-state index in [1.165, 1.54) is 43.4 Å². The van der Waals surface area contributed by atoms with Gasteiger partial charge in [-0.05, 0) is 106 Å². The number of Topliss-reactive ketones (excluding diaryl/α,β-unsaturated/α-hetero) is 1. The maximum absolute atomic E-state index is 17.1. The number of hydrogen-bond donors (Lipinski definition) is 0. The van der Waals surface area contributed by atoms with Crippen molar-refractivity contribution < 1.29 is 33.3 Å². The molecule has 2 fully saturated rings. The zero-order chi connectivity index (χ0) is 52.2. The molecular weight excluding hydrogens is 931 g/mol. The molecule has 0 radical (unpaired) electrons. The molecule has 1 saturated heterocycles. The van der Waals surface area contributed by atoms with Crippen LogP contribution in [0.5, 0.6) is 23.0 Å². The first-order valence-electron chi connectivity index (χ1n) is 29.1. The summed E-state index contributed by atoms with van der Waals surface area (Å²) in [7, 11) is 0. The molecule has 1 aliphatic heterocycles. The van der Waals surface area contributed by atoms with E-state index >= 15 is 14.4 Å². The Hall–Kier alpha value is -6.15. The highest BCUT2D eigenvalue weighted by Crippen LogP contribution is 2.73. The van der Waals surface area contributed by atoms with Crippen LogP contribution in [-0.4, -0.2) is 44.0 Å². The molecule has 0 N–H and O–H groups in total. The van der Waals surface area contributed by atoms with Crippen molar-refractivity contribution in [1.29, 1.82) is 0 Å². The Morgan fingerprint density at radius 1 is 0.373 bits per heavy atom. The number of imide groups is 1. The minimum Gasteiger partial charge on any atom is -0.490 e. The Bertz CT molecular complexity index is 2710. The highest BCUT2D eigenvalue weighted by atomic mass is 16.5. The number of carbonyl (C=O) groups excluding carboxylic acids is 3. The van der Waals surface area contributed by atoms with Crippen molar-refractivity contribution in [3.8, 4) is 23.0 Å². The van der Waals surface area contributed by atoms with Crippen LogP contribution in [0.1, 0.15) is 178 Å². The molecule has 6 aromatic carbocycles. The van der Waals surface area contributed by atoms with E-state index in [2.05, 4.69) is 52.0 Å². The van der Waals surface area contributed by atoms with Crippen LogP contribution in [0.15, 0.2) is 115 Å². The molecule has 0 unspecified atom stereocenters. The van der Waals surface area contributed by atoms with Gasteiger partial charge in [-0.15, -0.1) is 0 Å². The van der Waals surface area contributed by atoms with Gasteiger partial charge in [0.05, 0.1) is 54.8 Å². The van der Waals surface area contributed by atoms with Crippen LogP contribution in [0.2, 0.25) is 0 Å². The number of nitrogens with zero attached hydrogens (tertiary/aromatic N) is 1. The second-order valence-electron chi connectivity index (χ2n) is 21.5. The third kappa shape index (κ3) is 10.2. The summed E-state index contributed by atoms with van der Waals surface area (Å²) < 4.78 is 27.4. The Labute approximate surface area is 446 Å². The second kappa shape index (κ2) is 25.1. The van der Waals surface area contributed by atoms with Crippen LogP contribution >= 0.6 is 0 Å². The first-order chi connectivity index (χ1) is 36.9. The van der Waals surface area contributed by atoms with Gasteiger partial charge in [-0.2, -0.15) is 0 Å². The van der Waals surface area contributed by atoms with Gasteiger partial charge in [0, 0.05) is 0 Å². The zero-order valence-electron chi connectivity index (χ0n) is 45.4. The molecule has 3 aliphatic rings. The first kappa shape index (κ1) is 53.7. The van der Waals surface area contributed by atoms with Gasteiger partial charge in [-0.25, -0.2) is 4.90 Å². The van der Waals surface area contributed by atoms with E-state index in [0.29, 0.717) is 66.2 Å². The van der Waals surface area contributed by atoms with Gasteiger partial charge in [-0.3, -0.25) is 14.4 Å². The summed E-state index contributed by atoms with van der Waals surface area (Å²) in [5.74, 6) is -0.463. The molecule has 8 nitrogen and oxygen atoms in total. The van der Waals surface area contributed by atoms with Gasteiger partial charge < -0.3 is 18.9 Å². The number of rotatable bonds is 31. The SMILES string of the molecule is CCCCCCCOc1cc2c3c(c4cc(OCCCCCCC)c(OCCCCCCC)cc4c2cc1OCCCCCCC)[C@]1(c2ccccc2)C(=O)[C@@]3(c2ccccc2)[C@@H]2C(=O)N(c3ccccc3)C(=O)[C@@H]21. The molecule has 2 bridgehead atoms. The number of benzene rings is 6. The van der Waals surface area contributed by atoms with Gasteiger partial charge in [-0.1, -0.05) is 209 Å². The van der Waals surface area contributed by atoms with Crippen molar-refractivity contribution in [2.24, 2.45) is 11.8 Å². The van der Waals surface area contributed by atoms with Crippen LogP contribution in [0.3, 0.4) is 0 Å². The summed E-state index contributed by atoms with van der Waals surface area (Å²) >= 11 is 0. The number of amides is 2. The average molecular weight is 1010 g/mol. The third-order valence-corrected chi connectivity index (χ3v) is 16.5. The van der Waals surface area contributed by atoms with Crippen molar-refractivity contribution >= 4 is 44.8 Å². The minimum atomic E-state index is -1.58. The molecule has 8 heteroatoms. The second-order valence-corrected chi connectivity index (χ2v) is 21.5. The summed E-state index contributed by atoms with van der Waals surface area (Å²) in [5, 5.41) is 3.34. The molecule has 396 valence electrons. The molecule has 75 heavy (non-hydrogen) atoms. The van der Waals surface area contributed by atoms with Crippen LogP contribution in [0.4, 0.5) is 5.69 Å². The first-order valence-corrected chi connectivity index (χ1v) is 29.1. The van der Waals surface area contributed by atoms with Crippen LogP contribution in [0.25, 0.3) is 21.5 Å². The Kier molecular flexibility index (Phi) is 18.0. The highest BCUT2D eigenvalue weighted by Gasteiger charge is 2.82. The van der Waals surface area contributed by atoms with Gasteiger partial charge in [0.25, 0.3) is 0 Å². The van der Waals surface area contributed by atoms with Gasteiger partial charge in [0.15, 0.2) is 28.8 Å². The van der Waals surface area contributed by atoms with Crippen molar-refractivity contribution in [2.75, 3.05) is 31.3 Å². The fourth-order valence-corrected chi connectivity index (χ4v) is 12.9. The number of ketones is 1. The number of hydrogen-bond acceptors (Lipinski definition) is 7. The number of fused-ring (bicyclic) bond motifs is 13. The van der Waals surface area contributed by atoms with Crippen molar-refractivity contribution in [3.63, 3.8) is 0 Å². The summed E-state index contributed by atoms with van der Waals surface area (Å²) in [6, 6.07) is 37.3. The molecule has 0 aromatic heterocycles. The monoisotopic (exact) mass is 1010 g/mol. The van der Waals surface area contributed by atoms with Crippen molar-refractivity contribution in [1.82, 2.24) is 0 Å². The number of ether oxygens (including phenoxy) is 4. The topological polar surface area (TPSA) is 91.4 Å². The molecule has 1 heterocycles. The van der Waals surface area contributed by atoms with E-state index < -0.39 is 22.7 Å². The number of para-hydroxylation sites is 1. The maximum atomic E-state index is 17.1. The van der Waals surface area contributed by atoms with E-state index in [1.54, 1.807) is 0 Å². The predicted octanol–water partition coefficient (Wildman–Crippen LogP) is 16.4. The number of unbranched alkanes of at least 4 members (excludes halogenated alkanes) is 16. The molecular formula is C67H81NO7. The molecule has 4 atom stereocenters. The van der Waals surface area contributed by atoms with E-state index in [0.717, 1.165) is 123 Å². The summed E-state index contributed by atoms with van der Waals surface area (Å²) in [5.41, 5.74) is 0.217.